The maximum absolute atomic E-state index is 11.2. The molecule has 4 N–H and O–H groups in total. The number of ether oxygens (including phenoxy) is 1. The fourth-order valence-electron chi connectivity index (χ4n) is 3.74. The van der Waals surface area contributed by atoms with E-state index in [4.69, 9.17) is 10.5 Å². The fraction of sp³-hybridized carbons (Fsp3) is 0.400. The van der Waals surface area contributed by atoms with Crippen molar-refractivity contribution in [3.63, 3.8) is 0 Å². The number of nitro benzene ring substituents is 2. The Labute approximate surface area is 194 Å². The number of pyridine rings is 1. The van der Waals surface area contributed by atoms with Crippen molar-refractivity contribution in [3.8, 4) is 5.88 Å². The van der Waals surface area contributed by atoms with Gasteiger partial charge in [0.15, 0.2) is 0 Å². The van der Waals surface area contributed by atoms with Gasteiger partial charge >= 0.3 is 0 Å². The highest BCUT2D eigenvalue weighted by Crippen LogP contribution is 2.30. The summed E-state index contributed by atoms with van der Waals surface area (Å²) in [6.07, 6.45) is 0. The monoisotopic (exact) mass is 474 g/mol. The number of nitrogens with one attached hydrogen (secondary N) is 1. The number of nitrogens with zero attached hydrogens (tertiary/aromatic N) is 6. The van der Waals surface area contributed by atoms with Crippen molar-refractivity contribution in [2.75, 3.05) is 43.5 Å². The highest BCUT2D eigenvalue weighted by Gasteiger charge is 2.25. The van der Waals surface area contributed by atoms with E-state index in [0.29, 0.717) is 43.4 Å². The van der Waals surface area contributed by atoms with Gasteiger partial charge in [0.25, 0.3) is 11.4 Å². The van der Waals surface area contributed by atoms with Gasteiger partial charge in [0.1, 0.15) is 5.69 Å². The molecule has 0 bridgehead atoms. The molecule has 1 aliphatic rings. The van der Waals surface area contributed by atoms with Crippen molar-refractivity contribution in [1.29, 1.82) is 0 Å². The molecule has 0 spiro atoms. The molecule has 2 aromatic rings. The lowest BCUT2D eigenvalue weighted by Gasteiger charge is -2.37. The van der Waals surface area contributed by atoms with Crippen LogP contribution in [0.2, 0.25) is 0 Å². The van der Waals surface area contributed by atoms with Crippen molar-refractivity contribution < 1.29 is 19.8 Å². The van der Waals surface area contributed by atoms with Crippen molar-refractivity contribution in [2.24, 2.45) is 10.9 Å². The van der Waals surface area contributed by atoms with Crippen LogP contribution < -0.4 is 20.7 Å². The summed E-state index contributed by atoms with van der Waals surface area (Å²) in [5.74, 6) is 0.467. The van der Waals surface area contributed by atoms with E-state index in [-0.39, 0.29) is 23.4 Å². The summed E-state index contributed by atoms with van der Waals surface area (Å²) in [6.45, 7) is 5.18. The molecule has 1 aromatic carbocycles. The van der Waals surface area contributed by atoms with Crippen molar-refractivity contribution >= 4 is 28.7 Å². The number of hydrogen-bond donors (Lipinski definition) is 3. The number of hydrogen-bond acceptors (Lipinski definition) is 10. The van der Waals surface area contributed by atoms with Gasteiger partial charge in [-0.3, -0.25) is 20.2 Å². The van der Waals surface area contributed by atoms with Crippen LogP contribution in [0.3, 0.4) is 0 Å². The van der Waals surface area contributed by atoms with E-state index in [1.165, 1.54) is 19.2 Å². The number of aromatic nitrogens is 1. The van der Waals surface area contributed by atoms with E-state index in [0.717, 1.165) is 17.3 Å². The number of rotatable bonds is 6. The van der Waals surface area contributed by atoms with Gasteiger partial charge in [0.2, 0.25) is 11.8 Å². The zero-order valence-electron chi connectivity index (χ0n) is 19.0. The minimum absolute atomic E-state index is 0.157. The summed E-state index contributed by atoms with van der Waals surface area (Å²) >= 11 is 0. The van der Waals surface area contributed by atoms with Crippen molar-refractivity contribution in [1.82, 2.24) is 9.88 Å². The second-order valence-electron chi connectivity index (χ2n) is 7.75. The van der Waals surface area contributed by atoms with Crippen LogP contribution in [0.1, 0.15) is 24.2 Å². The Morgan fingerprint density at radius 1 is 1.18 bits per heavy atom. The number of non-ortho nitro benzene ring substituents is 2. The minimum atomic E-state index is -0.660. The van der Waals surface area contributed by atoms with Gasteiger partial charge in [-0.25, -0.2) is 4.98 Å². The normalized spacial score (nSPS) is 15.1. The van der Waals surface area contributed by atoms with Gasteiger partial charge < -0.3 is 30.8 Å². The maximum atomic E-state index is 11.2. The summed E-state index contributed by atoms with van der Waals surface area (Å²) < 4.78 is 5.34. The number of nitro groups is 2. The van der Waals surface area contributed by atoms with E-state index in [2.05, 4.69) is 15.5 Å². The molecule has 182 valence electrons. The minimum Gasteiger partial charge on any atom is -0.480 e. The van der Waals surface area contributed by atoms with Crippen LogP contribution >= 0.6 is 0 Å². The maximum Gasteiger partial charge on any atom is 0.278 e. The molecular formula is C20H26N8O6. The van der Waals surface area contributed by atoms with Crippen LogP contribution in [-0.4, -0.2) is 64.2 Å². The third-order valence-corrected chi connectivity index (χ3v) is 5.50. The number of methoxy groups -OCH3 is 1. The van der Waals surface area contributed by atoms with E-state index in [1.807, 2.05) is 13.8 Å². The zero-order valence-corrected chi connectivity index (χ0v) is 19.0. The van der Waals surface area contributed by atoms with Crippen molar-refractivity contribution in [2.45, 2.75) is 19.9 Å². The first-order valence-electron chi connectivity index (χ1n) is 10.4. The number of nitrogens with two attached hydrogens (primary N) is 1. The first-order chi connectivity index (χ1) is 16.1. The Hall–Kier alpha value is -4.20. The first kappa shape index (κ1) is 24.4. The number of aryl methyl sites for hydroxylation is 1. The number of guanidine groups is 1. The molecule has 34 heavy (non-hydrogen) atoms. The third-order valence-electron chi connectivity index (χ3n) is 5.50. The number of oxime groups is 1. The molecule has 14 nitrogen and oxygen atoms in total. The van der Waals surface area contributed by atoms with E-state index >= 15 is 0 Å². The fourth-order valence-corrected chi connectivity index (χ4v) is 3.74. The lowest BCUT2D eigenvalue weighted by molar-refractivity contribution is -0.394. The van der Waals surface area contributed by atoms with Gasteiger partial charge in [0, 0.05) is 50.0 Å². The molecule has 1 unspecified atom stereocenters. The molecule has 0 aliphatic carbocycles. The quantitative estimate of drug-likeness (QED) is 0.183. The Kier molecular flexibility index (Phi) is 7.31. The van der Waals surface area contributed by atoms with Gasteiger partial charge in [0.05, 0.1) is 28.7 Å². The molecule has 2 heterocycles. The third kappa shape index (κ3) is 5.23. The molecule has 1 fully saturated rings. The molecular weight excluding hydrogens is 448 g/mol. The van der Waals surface area contributed by atoms with Crippen LogP contribution in [0, 0.1) is 27.2 Å². The molecule has 0 amide bonds. The molecule has 1 aliphatic heterocycles. The summed E-state index contributed by atoms with van der Waals surface area (Å²) in [5.41, 5.74) is 7.70. The molecule has 1 atom stereocenters. The largest absolute Gasteiger partial charge is 0.480 e. The smallest absolute Gasteiger partial charge is 0.278 e. The van der Waals surface area contributed by atoms with Crippen LogP contribution in [0.25, 0.3) is 0 Å². The van der Waals surface area contributed by atoms with Crippen LogP contribution in [0.15, 0.2) is 29.4 Å². The number of benzene rings is 1. The molecule has 14 heteroatoms. The lowest BCUT2D eigenvalue weighted by atomic mass is 10.1. The Morgan fingerprint density at radius 2 is 1.76 bits per heavy atom. The second-order valence-corrected chi connectivity index (χ2v) is 7.75. The number of anilines is 2. The van der Waals surface area contributed by atoms with Gasteiger partial charge in [-0.05, 0) is 25.5 Å². The molecule has 1 saturated heterocycles. The molecule has 0 radical (unpaired) electrons. The summed E-state index contributed by atoms with van der Waals surface area (Å²) in [5, 5.41) is 38.4. The van der Waals surface area contributed by atoms with Gasteiger partial charge in [-0.1, -0.05) is 5.16 Å². The zero-order chi connectivity index (χ0) is 25.0. The average molecular weight is 474 g/mol. The van der Waals surface area contributed by atoms with Crippen LogP contribution in [-0.2, 0) is 0 Å². The summed E-state index contributed by atoms with van der Waals surface area (Å²) in [7, 11) is 1.48. The number of piperazine rings is 1. The highest BCUT2D eigenvalue weighted by atomic mass is 16.6. The SMILES string of the molecule is COc1nc(C)c(C(C)N)cc1NC(=NO)N1CCN(c2cc([N+](=O)[O-])cc([N+](=O)[O-])c2)CC1. The van der Waals surface area contributed by atoms with Gasteiger partial charge in [-0.2, -0.15) is 0 Å². The Morgan fingerprint density at radius 3 is 2.24 bits per heavy atom. The predicted molar refractivity (Wildman–Crippen MR) is 125 cm³/mol. The van der Waals surface area contributed by atoms with Crippen LogP contribution in [0.4, 0.5) is 22.7 Å². The molecule has 1 aromatic heterocycles. The Balaban J connectivity index is 1.77. The second kappa shape index (κ2) is 10.2. The molecule has 0 saturated carbocycles. The standard InChI is InChI=1S/C20H26N8O6/c1-12(21)17-11-18(19(34-3)22-13(17)2)23-20(24-29)26-6-4-25(5-7-26)14-8-15(27(30)31)10-16(9-14)28(32)33/h8-12,29H,4-7,21H2,1-3H3,(H,23,24). The van der Waals surface area contributed by atoms with E-state index in [9.17, 15) is 25.4 Å². The topological polar surface area (TPSA) is 186 Å². The van der Waals surface area contributed by atoms with Crippen molar-refractivity contribution in [3.05, 3.63) is 55.8 Å². The lowest BCUT2D eigenvalue weighted by Crippen LogP contribution is -2.50. The van der Waals surface area contributed by atoms with E-state index in [1.54, 1.807) is 15.9 Å². The summed E-state index contributed by atoms with van der Waals surface area (Å²) in [6, 6.07) is 5.06. The Bertz CT molecular complexity index is 1080. The summed E-state index contributed by atoms with van der Waals surface area (Å²) in [4.78, 5) is 29.0. The van der Waals surface area contributed by atoms with Gasteiger partial charge in [-0.15, -0.1) is 0 Å². The van der Waals surface area contributed by atoms with Crippen LogP contribution in [0.5, 0.6) is 5.88 Å². The predicted octanol–water partition coefficient (Wildman–Crippen LogP) is 2.21. The van der Waals surface area contributed by atoms with E-state index < -0.39 is 9.85 Å². The highest BCUT2D eigenvalue weighted by molar-refractivity contribution is 5.94. The average Bonchev–Trinajstić information content (AvgIpc) is 2.82. The first-order valence-corrected chi connectivity index (χ1v) is 10.4. The molecule has 3 rings (SSSR count).